The number of rotatable bonds is 7. The fraction of sp³-hybridized carbons (Fsp3) is 0.588. The van der Waals surface area contributed by atoms with Crippen molar-refractivity contribution in [2.75, 3.05) is 19.6 Å². The third-order valence-electron chi connectivity index (χ3n) is 4.18. The maximum absolute atomic E-state index is 11.6. The van der Waals surface area contributed by atoms with Gasteiger partial charge < -0.3 is 10.4 Å². The molecule has 2 N–H and O–H groups in total. The quantitative estimate of drug-likeness (QED) is 0.808. The topological polar surface area (TPSA) is 52.6 Å². The molecule has 1 saturated heterocycles. The van der Waals surface area contributed by atoms with Gasteiger partial charge in [0.2, 0.25) is 5.91 Å². The van der Waals surface area contributed by atoms with Crippen LogP contribution < -0.4 is 5.32 Å². The van der Waals surface area contributed by atoms with Crippen LogP contribution in [0, 0.1) is 0 Å². The first kappa shape index (κ1) is 16.0. The van der Waals surface area contributed by atoms with Crippen LogP contribution in [0.3, 0.4) is 0 Å². The first-order valence-electron chi connectivity index (χ1n) is 7.94. The van der Waals surface area contributed by atoms with Crippen LogP contribution in [0.2, 0.25) is 0 Å². The van der Waals surface area contributed by atoms with Crippen molar-refractivity contribution < 1.29 is 9.90 Å². The van der Waals surface area contributed by atoms with E-state index in [4.69, 9.17) is 0 Å². The van der Waals surface area contributed by atoms with Gasteiger partial charge in [-0.3, -0.25) is 9.69 Å². The molecule has 0 aromatic heterocycles. The monoisotopic (exact) mass is 290 g/mol. The smallest absolute Gasteiger partial charge is 0.221 e. The van der Waals surface area contributed by atoms with Crippen LogP contribution in [0.5, 0.6) is 0 Å². The van der Waals surface area contributed by atoms with E-state index in [9.17, 15) is 9.90 Å². The molecule has 4 nitrogen and oxygen atoms in total. The van der Waals surface area contributed by atoms with Crippen molar-refractivity contribution in [2.45, 2.75) is 44.8 Å². The van der Waals surface area contributed by atoms with Gasteiger partial charge in [-0.1, -0.05) is 30.3 Å². The lowest BCUT2D eigenvalue weighted by molar-refractivity contribution is -0.121. The summed E-state index contributed by atoms with van der Waals surface area (Å²) in [5, 5.41) is 13.2. The predicted molar refractivity (Wildman–Crippen MR) is 83.9 cm³/mol. The average molecular weight is 290 g/mol. The second-order valence-electron chi connectivity index (χ2n) is 5.70. The molecule has 2 rings (SSSR count). The summed E-state index contributed by atoms with van der Waals surface area (Å²) in [5.41, 5.74) is 0.980. The normalized spacial score (nSPS) is 20.4. The molecule has 1 fully saturated rings. The highest BCUT2D eigenvalue weighted by Crippen LogP contribution is 2.27. The third kappa shape index (κ3) is 4.83. The number of aliphatic hydroxyl groups is 1. The first-order valence-corrected chi connectivity index (χ1v) is 7.94. The molecule has 4 heteroatoms. The van der Waals surface area contributed by atoms with Gasteiger partial charge in [-0.05, 0) is 38.3 Å². The summed E-state index contributed by atoms with van der Waals surface area (Å²) in [4.78, 5) is 13.9. The minimum absolute atomic E-state index is 0.117. The Balaban J connectivity index is 1.83. The Hall–Kier alpha value is -1.39. The second-order valence-corrected chi connectivity index (χ2v) is 5.70. The van der Waals surface area contributed by atoms with Crippen molar-refractivity contribution in [1.29, 1.82) is 0 Å². The lowest BCUT2D eigenvalue weighted by Gasteiger charge is -2.26. The number of benzene rings is 1. The molecule has 0 saturated carbocycles. The van der Waals surface area contributed by atoms with Gasteiger partial charge >= 0.3 is 0 Å². The lowest BCUT2D eigenvalue weighted by atomic mass is 10.0. The molecular weight excluding hydrogens is 264 g/mol. The molecule has 116 valence electrons. The van der Waals surface area contributed by atoms with E-state index in [1.165, 1.54) is 0 Å². The van der Waals surface area contributed by atoms with Crippen LogP contribution in [-0.4, -0.2) is 41.6 Å². The molecule has 1 heterocycles. The van der Waals surface area contributed by atoms with E-state index in [0.717, 1.165) is 37.9 Å². The van der Waals surface area contributed by atoms with Crippen LogP contribution in [-0.2, 0) is 4.79 Å². The number of nitrogens with one attached hydrogen (secondary N) is 1. The van der Waals surface area contributed by atoms with Crippen molar-refractivity contribution in [3.63, 3.8) is 0 Å². The molecular formula is C17H26N2O2. The number of aliphatic hydroxyl groups excluding tert-OH is 1. The summed E-state index contributed by atoms with van der Waals surface area (Å²) in [6, 6.07) is 10.2. The van der Waals surface area contributed by atoms with Crippen molar-refractivity contribution in [3.8, 4) is 0 Å². The van der Waals surface area contributed by atoms with Gasteiger partial charge in [0, 0.05) is 25.6 Å². The van der Waals surface area contributed by atoms with Gasteiger partial charge in [-0.2, -0.15) is 0 Å². The van der Waals surface area contributed by atoms with Crippen LogP contribution in [0.1, 0.15) is 44.3 Å². The lowest BCUT2D eigenvalue weighted by Crippen LogP contribution is -2.35. The molecule has 0 spiro atoms. The summed E-state index contributed by atoms with van der Waals surface area (Å²) < 4.78 is 0. The van der Waals surface area contributed by atoms with Crippen molar-refractivity contribution in [1.82, 2.24) is 10.2 Å². The number of hydrogen-bond donors (Lipinski definition) is 2. The first-order chi connectivity index (χ1) is 10.2. The van der Waals surface area contributed by atoms with E-state index in [1.807, 2.05) is 37.3 Å². The highest BCUT2D eigenvalue weighted by Gasteiger charge is 2.27. The van der Waals surface area contributed by atoms with E-state index in [1.54, 1.807) is 0 Å². The Morgan fingerprint density at radius 2 is 2.19 bits per heavy atom. The van der Waals surface area contributed by atoms with Gasteiger partial charge in [0.1, 0.15) is 0 Å². The molecule has 0 radical (unpaired) electrons. The Bertz CT molecular complexity index is 436. The van der Waals surface area contributed by atoms with E-state index in [2.05, 4.69) is 10.2 Å². The fourth-order valence-electron chi connectivity index (χ4n) is 3.06. The molecule has 1 aliphatic rings. The van der Waals surface area contributed by atoms with E-state index in [-0.39, 0.29) is 5.91 Å². The van der Waals surface area contributed by atoms with Crippen molar-refractivity contribution in [3.05, 3.63) is 35.9 Å². The van der Waals surface area contributed by atoms with E-state index < -0.39 is 6.10 Å². The van der Waals surface area contributed by atoms with Gasteiger partial charge in [-0.25, -0.2) is 0 Å². The number of likely N-dealkylation sites (tertiary alicyclic amines) is 1. The highest BCUT2D eigenvalue weighted by molar-refractivity contribution is 5.75. The maximum Gasteiger partial charge on any atom is 0.221 e. The zero-order chi connectivity index (χ0) is 15.1. The minimum Gasteiger partial charge on any atom is -0.388 e. The molecule has 1 amide bonds. The Kier molecular flexibility index (Phi) is 6.21. The molecule has 0 bridgehead atoms. The Morgan fingerprint density at radius 1 is 1.43 bits per heavy atom. The standard InChI is InChI=1S/C17H26N2O2/c1-2-18-17(21)10-12-19-11-6-9-15(19)13-16(20)14-7-4-3-5-8-14/h3-5,7-8,15-16,20H,2,6,9-13H2,1H3,(H,18,21). The molecule has 2 atom stereocenters. The van der Waals surface area contributed by atoms with Crippen LogP contribution >= 0.6 is 0 Å². The summed E-state index contributed by atoms with van der Waals surface area (Å²) in [6.45, 7) is 4.45. The molecule has 1 aromatic rings. The maximum atomic E-state index is 11.6. The number of amides is 1. The van der Waals surface area contributed by atoms with Gasteiger partial charge in [-0.15, -0.1) is 0 Å². The number of nitrogens with zero attached hydrogens (tertiary/aromatic N) is 1. The zero-order valence-electron chi connectivity index (χ0n) is 12.8. The Labute approximate surface area is 127 Å². The summed E-state index contributed by atoms with van der Waals surface area (Å²) in [5.74, 6) is 0.117. The van der Waals surface area contributed by atoms with Crippen molar-refractivity contribution in [2.24, 2.45) is 0 Å². The summed E-state index contributed by atoms with van der Waals surface area (Å²) >= 11 is 0. The molecule has 1 aliphatic heterocycles. The van der Waals surface area contributed by atoms with Crippen LogP contribution in [0.4, 0.5) is 0 Å². The minimum atomic E-state index is -0.415. The second kappa shape index (κ2) is 8.15. The van der Waals surface area contributed by atoms with E-state index in [0.29, 0.717) is 19.0 Å². The fourth-order valence-corrected chi connectivity index (χ4v) is 3.06. The SMILES string of the molecule is CCNC(=O)CCN1CCCC1CC(O)c1ccccc1. The molecule has 21 heavy (non-hydrogen) atoms. The predicted octanol–water partition coefficient (Wildman–Crippen LogP) is 2.10. The Morgan fingerprint density at radius 3 is 2.90 bits per heavy atom. The van der Waals surface area contributed by atoms with Gasteiger partial charge in [0.05, 0.1) is 6.10 Å². The molecule has 1 aromatic carbocycles. The summed E-state index contributed by atoms with van der Waals surface area (Å²) in [6.07, 6.45) is 3.15. The van der Waals surface area contributed by atoms with Crippen LogP contribution in [0.15, 0.2) is 30.3 Å². The average Bonchev–Trinajstić information content (AvgIpc) is 2.93. The summed E-state index contributed by atoms with van der Waals surface area (Å²) in [7, 11) is 0. The number of carbonyl (C=O) groups is 1. The zero-order valence-corrected chi connectivity index (χ0v) is 12.8. The number of carbonyl (C=O) groups excluding carboxylic acids is 1. The van der Waals surface area contributed by atoms with Crippen molar-refractivity contribution >= 4 is 5.91 Å². The highest BCUT2D eigenvalue weighted by atomic mass is 16.3. The molecule has 2 unspecified atom stereocenters. The molecule has 0 aliphatic carbocycles. The van der Waals surface area contributed by atoms with E-state index >= 15 is 0 Å². The van der Waals surface area contributed by atoms with Gasteiger partial charge in [0.15, 0.2) is 0 Å². The third-order valence-corrected chi connectivity index (χ3v) is 4.18. The van der Waals surface area contributed by atoms with Crippen LogP contribution in [0.25, 0.3) is 0 Å². The largest absolute Gasteiger partial charge is 0.388 e. The van der Waals surface area contributed by atoms with Gasteiger partial charge in [0.25, 0.3) is 0 Å². The number of hydrogen-bond acceptors (Lipinski definition) is 3.